The molecule has 1 aliphatic rings. The quantitative estimate of drug-likeness (QED) is 0.624. The van der Waals surface area contributed by atoms with Crippen molar-refractivity contribution < 1.29 is 4.74 Å². The largest absolute Gasteiger partial charge is 0.378 e. The number of nitrogens with zero attached hydrogens (tertiary/aromatic N) is 4. The maximum absolute atomic E-state index is 5.44. The average Bonchev–Trinajstić information content (AvgIpc) is 2.48. The first kappa shape index (κ1) is 15.6. The van der Waals surface area contributed by atoms with E-state index < -0.39 is 0 Å². The smallest absolute Gasteiger partial charge is 0.195 e. The van der Waals surface area contributed by atoms with Gasteiger partial charge in [-0.3, -0.25) is 0 Å². The number of aliphatic imine (C=N–C) groups is 1. The Kier molecular flexibility index (Phi) is 5.44. The van der Waals surface area contributed by atoms with E-state index in [2.05, 4.69) is 29.2 Å². The summed E-state index contributed by atoms with van der Waals surface area (Å²) in [5.74, 6) is 0.979. The molecule has 0 bridgehead atoms. The molecule has 21 heavy (non-hydrogen) atoms. The molecule has 1 saturated heterocycles. The van der Waals surface area contributed by atoms with Crippen LogP contribution in [0, 0.1) is 0 Å². The molecule has 0 radical (unpaired) electrons. The van der Waals surface area contributed by atoms with E-state index in [0.29, 0.717) is 6.54 Å². The second-order valence-electron chi connectivity index (χ2n) is 5.63. The van der Waals surface area contributed by atoms with Crippen molar-refractivity contribution in [3.63, 3.8) is 0 Å². The predicted octanol–water partition coefficient (Wildman–Crippen LogP) is 1.50. The number of anilines is 1. The Hall–Kier alpha value is -1.75. The molecule has 0 atom stereocenters. The number of hydrogen-bond acceptors (Lipinski definition) is 3. The maximum Gasteiger partial charge on any atom is 0.195 e. The average molecular weight is 290 g/mol. The molecule has 1 fully saturated rings. The van der Waals surface area contributed by atoms with Gasteiger partial charge in [-0.2, -0.15) is 0 Å². The Balaban J connectivity index is 2.18. The van der Waals surface area contributed by atoms with Crippen LogP contribution < -0.4 is 4.90 Å². The van der Waals surface area contributed by atoms with Crippen LogP contribution in [0.3, 0.4) is 0 Å². The van der Waals surface area contributed by atoms with Crippen molar-refractivity contribution in [1.82, 2.24) is 9.80 Å². The highest BCUT2D eigenvalue weighted by molar-refractivity contribution is 5.79. The third-order valence-electron chi connectivity index (χ3n) is 3.53. The van der Waals surface area contributed by atoms with Crippen molar-refractivity contribution in [2.45, 2.75) is 6.54 Å². The molecule has 1 aromatic rings. The Bertz CT molecular complexity index is 469. The monoisotopic (exact) mass is 290 g/mol. The molecule has 116 valence electrons. The van der Waals surface area contributed by atoms with Crippen LogP contribution in [0.5, 0.6) is 0 Å². The summed E-state index contributed by atoms with van der Waals surface area (Å²) in [6.45, 7) is 4.21. The lowest BCUT2D eigenvalue weighted by molar-refractivity contribution is 0.122. The number of benzene rings is 1. The molecule has 0 aromatic heterocycles. The van der Waals surface area contributed by atoms with Crippen molar-refractivity contribution in [2.75, 3.05) is 59.4 Å². The van der Waals surface area contributed by atoms with Gasteiger partial charge in [-0.15, -0.1) is 0 Å². The molecule has 5 heteroatoms. The minimum atomic E-state index is 0.694. The Labute approximate surface area is 127 Å². The first-order chi connectivity index (χ1) is 10.1. The van der Waals surface area contributed by atoms with E-state index in [1.807, 2.05) is 38.0 Å². The molecule has 0 amide bonds. The Morgan fingerprint density at radius 3 is 2.33 bits per heavy atom. The molecular formula is C16H26N4O. The number of guanidine groups is 1. The molecule has 1 aliphatic heterocycles. The first-order valence-corrected chi connectivity index (χ1v) is 7.39. The zero-order chi connectivity index (χ0) is 15.2. The van der Waals surface area contributed by atoms with Crippen LogP contribution in [0.2, 0.25) is 0 Å². The summed E-state index contributed by atoms with van der Waals surface area (Å²) in [5.41, 5.74) is 2.54. The fourth-order valence-corrected chi connectivity index (χ4v) is 2.60. The van der Waals surface area contributed by atoms with E-state index in [1.54, 1.807) is 0 Å². The van der Waals surface area contributed by atoms with E-state index in [4.69, 9.17) is 9.73 Å². The van der Waals surface area contributed by atoms with Crippen molar-refractivity contribution >= 4 is 11.6 Å². The number of ether oxygens (including phenoxy) is 1. The molecule has 0 N–H and O–H groups in total. The second kappa shape index (κ2) is 7.31. The predicted molar refractivity (Wildman–Crippen MR) is 88.0 cm³/mol. The molecule has 0 unspecified atom stereocenters. The highest BCUT2D eigenvalue weighted by atomic mass is 16.5. The van der Waals surface area contributed by atoms with Crippen LogP contribution in [-0.2, 0) is 11.3 Å². The Morgan fingerprint density at radius 1 is 1.10 bits per heavy atom. The van der Waals surface area contributed by atoms with Gasteiger partial charge >= 0.3 is 0 Å². The summed E-state index contributed by atoms with van der Waals surface area (Å²) in [6, 6.07) is 8.52. The van der Waals surface area contributed by atoms with Crippen LogP contribution in [0.1, 0.15) is 5.56 Å². The van der Waals surface area contributed by atoms with Gasteiger partial charge in [0, 0.05) is 47.0 Å². The van der Waals surface area contributed by atoms with E-state index in [1.165, 1.54) is 11.3 Å². The first-order valence-electron chi connectivity index (χ1n) is 7.39. The van der Waals surface area contributed by atoms with Gasteiger partial charge in [-0.05, 0) is 11.6 Å². The number of hydrogen-bond donors (Lipinski definition) is 0. The molecule has 0 aliphatic carbocycles. The molecule has 1 heterocycles. The second-order valence-corrected chi connectivity index (χ2v) is 5.63. The van der Waals surface area contributed by atoms with Gasteiger partial charge in [-0.25, -0.2) is 4.99 Å². The number of morpholine rings is 1. The molecule has 5 nitrogen and oxygen atoms in total. The summed E-state index contributed by atoms with van der Waals surface area (Å²) in [5, 5.41) is 0. The SMILES string of the molecule is CN(C)C(=NCc1ccccc1N1CCOCC1)N(C)C. The third kappa shape index (κ3) is 4.11. The lowest BCUT2D eigenvalue weighted by Crippen LogP contribution is -2.37. The summed E-state index contributed by atoms with van der Waals surface area (Å²) in [6.07, 6.45) is 0. The van der Waals surface area contributed by atoms with Gasteiger partial charge in [0.25, 0.3) is 0 Å². The van der Waals surface area contributed by atoms with Crippen molar-refractivity contribution in [3.8, 4) is 0 Å². The van der Waals surface area contributed by atoms with Crippen molar-refractivity contribution in [1.29, 1.82) is 0 Å². The van der Waals surface area contributed by atoms with E-state index in [-0.39, 0.29) is 0 Å². The molecular weight excluding hydrogens is 264 g/mol. The Morgan fingerprint density at radius 2 is 1.71 bits per heavy atom. The zero-order valence-electron chi connectivity index (χ0n) is 13.5. The molecule has 1 aromatic carbocycles. The minimum absolute atomic E-state index is 0.694. The van der Waals surface area contributed by atoms with Gasteiger partial charge in [0.2, 0.25) is 0 Å². The standard InChI is InChI=1S/C16H26N4O/c1-18(2)16(19(3)4)17-13-14-7-5-6-8-15(14)20-9-11-21-12-10-20/h5-8H,9-13H2,1-4H3. The van der Waals surface area contributed by atoms with Crippen LogP contribution >= 0.6 is 0 Å². The van der Waals surface area contributed by atoms with Gasteiger partial charge in [-0.1, -0.05) is 18.2 Å². The van der Waals surface area contributed by atoms with Crippen molar-refractivity contribution in [3.05, 3.63) is 29.8 Å². The van der Waals surface area contributed by atoms with Gasteiger partial charge in [0.05, 0.1) is 19.8 Å². The summed E-state index contributed by atoms with van der Waals surface area (Å²) in [4.78, 5) is 11.2. The van der Waals surface area contributed by atoms with E-state index in [9.17, 15) is 0 Å². The topological polar surface area (TPSA) is 31.3 Å². The number of rotatable bonds is 3. The minimum Gasteiger partial charge on any atom is -0.378 e. The van der Waals surface area contributed by atoms with Crippen LogP contribution in [0.15, 0.2) is 29.3 Å². The van der Waals surface area contributed by atoms with E-state index in [0.717, 1.165) is 32.3 Å². The lowest BCUT2D eigenvalue weighted by Gasteiger charge is -2.30. The zero-order valence-corrected chi connectivity index (χ0v) is 13.5. The third-order valence-corrected chi connectivity index (χ3v) is 3.53. The maximum atomic E-state index is 5.44. The fourth-order valence-electron chi connectivity index (χ4n) is 2.60. The van der Waals surface area contributed by atoms with Gasteiger partial charge < -0.3 is 19.4 Å². The fraction of sp³-hybridized carbons (Fsp3) is 0.562. The number of para-hydroxylation sites is 1. The highest BCUT2D eigenvalue weighted by Gasteiger charge is 2.14. The van der Waals surface area contributed by atoms with Crippen LogP contribution in [0.25, 0.3) is 0 Å². The van der Waals surface area contributed by atoms with Crippen LogP contribution in [-0.4, -0.2) is 70.3 Å². The van der Waals surface area contributed by atoms with Gasteiger partial charge in [0.1, 0.15) is 0 Å². The molecule has 2 rings (SSSR count). The lowest BCUT2D eigenvalue weighted by atomic mass is 10.1. The van der Waals surface area contributed by atoms with E-state index >= 15 is 0 Å². The van der Waals surface area contributed by atoms with Crippen molar-refractivity contribution in [2.24, 2.45) is 4.99 Å². The molecule has 0 spiro atoms. The highest BCUT2D eigenvalue weighted by Crippen LogP contribution is 2.22. The summed E-state index contributed by atoms with van der Waals surface area (Å²) < 4.78 is 5.44. The normalized spacial score (nSPS) is 14.8. The summed E-state index contributed by atoms with van der Waals surface area (Å²) in [7, 11) is 8.08. The van der Waals surface area contributed by atoms with Crippen LogP contribution in [0.4, 0.5) is 5.69 Å². The van der Waals surface area contributed by atoms with Gasteiger partial charge in [0.15, 0.2) is 5.96 Å². The molecule has 0 saturated carbocycles. The summed E-state index contributed by atoms with van der Waals surface area (Å²) >= 11 is 0.